The van der Waals surface area contributed by atoms with Crippen molar-refractivity contribution in [2.45, 2.75) is 25.3 Å². The van der Waals surface area contributed by atoms with Crippen molar-refractivity contribution in [1.29, 1.82) is 0 Å². The minimum atomic E-state index is -0.898. The minimum Gasteiger partial charge on any atom is -0.480 e. The van der Waals surface area contributed by atoms with E-state index in [4.69, 9.17) is 10.8 Å². The maximum absolute atomic E-state index is 10.4. The maximum Gasteiger partial charge on any atom is 0.320 e. The summed E-state index contributed by atoms with van der Waals surface area (Å²) in [5.41, 5.74) is 7.02. The van der Waals surface area contributed by atoms with Crippen LogP contribution in [0.5, 0.6) is 0 Å². The SMILES string of the molecule is C=C1C(CC(N)C(=O)O)C12CC2. The zero-order chi connectivity index (χ0) is 8.93. The molecular weight excluding hydrogens is 154 g/mol. The van der Waals surface area contributed by atoms with Gasteiger partial charge in [0, 0.05) is 0 Å². The van der Waals surface area contributed by atoms with E-state index < -0.39 is 12.0 Å². The molecule has 2 rings (SSSR count). The minimum absolute atomic E-state index is 0.354. The molecule has 0 bridgehead atoms. The molecule has 12 heavy (non-hydrogen) atoms. The fourth-order valence-electron chi connectivity index (χ4n) is 2.10. The highest BCUT2D eigenvalue weighted by Crippen LogP contribution is 2.75. The lowest BCUT2D eigenvalue weighted by atomic mass is 10.1. The molecule has 2 unspecified atom stereocenters. The van der Waals surface area contributed by atoms with Crippen molar-refractivity contribution in [2.75, 3.05) is 0 Å². The summed E-state index contributed by atoms with van der Waals surface area (Å²) in [7, 11) is 0. The molecule has 0 saturated heterocycles. The molecule has 2 aliphatic rings. The molecule has 3 heteroatoms. The normalized spacial score (nSPS) is 31.8. The first kappa shape index (κ1) is 7.80. The van der Waals surface area contributed by atoms with Gasteiger partial charge in [-0.2, -0.15) is 0 Å². The van der Waals surface area contributed by atoms with E-state index in [1.807, 2.05) is 0 Å². The largest absolute Gasteiger partial charge is 0.480 e. The Hall–Kier alpha value is -0.830. The summed E-state index contributed by atoms with van der Waals surface area (Å²) < 4.78 is 0. The monoisotopic (exact) mass is 167 g/mol. The number of hydrogen-bond donors (Lipinski definition) is 2. The second-order valence-corrected chi connectivity index (χ2v) is 3.91. The summed E-state index contributed by atoms with van der Waals surface area (Å²) in [4.78, 5) is 10.4. The highest BCUT2D eigenvalue weighted by molar-refractivity contribution is 5.73. The first-order chi connectivity index (χ1) is 5.58. The van der Waals surface area contributed by atoms with E-state index in [1.165, 1.54) is 18.4 Å². The quantitative estimate of drug-likeness (QED) is 0.610. The first-order valence-corrected chi connectivity index (χ1v) is 4.25. The predicted molar refractivity (Wildman–Crippen MR) is 44.5 cm³/mol. The Morgan fingerprint density at radius 1 is 1.83 bits per heavy atom. The molecule has 0 amide bonds. The molecule has 0 aromatic carbocycles. The van der Waals surface area contributed by atoms with Crippen LogP contribution in [-0.4, -0.2) is 17.1 Å². The Bertz CT molecular complexity index is 255. The number of allylic oxidation sites excluding steroid dienone is 1. The van der Waals surface area contributed by atoms with Gasteiger partial charge in [-0.05, 0) is 30.6 Å². The standard InChI is InChI=1S/C9H13NO2/c1-5-6(9(5)2-3-9)4-7(10)8(11)12/h6-7H,1-4,10H2,(H,11,12). The molecule has 0 aromatic heterocycles. The topological polar surface area (TPSA) is 63.3 Å². The Labute approximate surface area is 71.3 Å². The molecule has 0 aliphatic heterocycles. The van der Waals surface area contributed by atoms with E-state index in [-0.39, 0.29) is 0 Å². The van der Waals surface area contributed by atoms with Crippen molar-refractivity contribution in [3.05, 3.63) is 12.2 Å². The number of nitrogens with two attached hydrogens (primary N) is 1. The summed E-state index contributed by atoms with van der Waals surface area (Å²) in [5.74, 6) is -0.492. The second kappa shape index (κ2) is 2.10. The number of rotatable bonds is 3. The summed E-state index contributed by atoms with van der Waals surface area (Å²) in [6.07, 6.45) is 2.97. The number of hydrogen-bond acceptors (Lipinski definition) is 2. The van der Waals surface area contributed by atoms with Crippen molar-refractivity contribution in [3.63, 3.8) is 0 Å². The lowest BCUT2D eigenvalue weighted by Gasteiger charge is -2.03. The van der Waals surface area contributed by atoms with Gasteiger partial charge in [0.15, 0.2) is 0 Å². The van der Waals surface area contributed by atoms with Crippen LogP contribution in [0.4, 0.5) is 0 Å². The van der Waals surface area contributed by atoms with E-state index in [0.29, 0.717) is 17.8 Å². The Kier molecular flexibility index (Phi) is 1.37. The highest BCUT2D eigenvalue weighted by atomic mass is 16.4. The van der Waals surface area contributed by atoms with Crippen LogP contribution in [0.1, 0.15) is 19.3 Å². The average Bonchev–Trinajstić information content (AvgIpc) is 2.86. The van der Waals surface area contributed by atoms with Gasteiger partial charge in [0.2, 0.25) is 0 Å². The number of aliphatic carboxylic acids is 1. The summed E-state index contributed by atoms with van der Waals surface area (Å²) >= 11 is 0. The van der Waals surface area contributed by atoms with Crippen LogP contribution < -0.4 is 5.73 Å². The molecule has 2 aliphatic carbocycles. The van der Waals surface area contributed by atoms with Crippen LogP contribution >= 0.6 is 0 Å². The lowest BCUT2D eigenvalue weighted by molar-refractivity contribution is -0.138. The summed E-state index contributed by atoms with van der Waals surface area (Å²) in [6, 6.07) is -0.702. The number of carboxylic acids is 1. The van der Waals surface area contributed by atoms with Crippen LogP contribution in [-0.2, 0) is 4.79 Å². The lowest BCUT2D eigenvalue weighted by Crippen LogP contribution is -2.30. The van der Waals surface area contributed by atoms with Gasteiger partial charge >= 0.3 is 5.97 Å². The molecule has 66 valence electrons. The summed E-state index contributed by atoms with van der Waals surface area (Å²) in [5, 5.41) is 8.58. The second-order valence-electron chi connectivity index (χ2n) is 3.91. The maximum atomic E-state index is 10.4. The molecule has 2 fully saturated rings. The van der Waals surface area contributed by atoms with E-state index in [9.17, 15) is 4.79 Å². The molecule has 1 spiro atoms. The van der Waals surface area contributed by atoms with Crippen LogP contribution in [0.3, 0.4) is 0 Å². The van der Waals surface area contributed by atoms with Crippen LogP contribution in [0, 0.1) is 11.3 Å². The summed E-state index contributed by atoms with van der Waals surface area (Å²) in [6.45, 7) is 3.93. The zero-order valence-electron chi connectivity index (χ0n) is 6.92. The molecule has 3 nitrogen and oxygen atoms in total. The smallest absolute Gasteiger partial charge is 0.320 e. The van der Waals surface area contributed by atoms with E-state index in [0.717, 1.165) is 0 Å². The van der Waals surface area contributed by atoms with Crippen molar-refractivity contribution < 1.29 is 9.90 Å². The molecule has 0 aromatic rings. The van der Waals surface area contributed by atoms with E-state index >= 15 is 0 Å². The van der Waals surface area contributed by atoms with Gasteiger partial charge < -0.3 is 10.8 Å². The molecular formula is C9H13NO2. The Balaban J connectivity index is 1.90. The van der Waals surface area contributed by atoms with Gasteiger partial charge in [0.05, 0.1) is 0 Å². The molecule has 0 radical (unpaired) electrons. The Morgan fingerprint density at radius 3 is 2.75 bits per heavy atom. The van der Waals surface area contributed by atoms with Crippen LogP contribution in [0.15, 0.2) is 12.2 Å². The van der Waals surface area contributed by atoms with E-state index in [2.05, 4.69) is 6.58 Å². The third-order valence-corrected chi connectivity index (χ3v) is 3.24. The first-order valence-electron chi connectivity index (χ1n) is 4.25. The van der Waals surface area contributed by atoms with Gasteiger partial charge in [0.25, 0.3) is 0 Å². The highest BCUT2D eigenvalue weighted by Gasteiger charge is 2.66. The molecule has 0 heterocycles. The van der Waals surface area contributed by atoms with Crippen LogP contribution in [0.25, 0.3) is 0 Å². The number of carbonyl (C=O) groups is 1. The van der Waals surface area contributed by atoms with E-state index in [1.54, 1.807) is 0 Å². The van der Waals surface area contributed by atoms with Gasteiger partial charge in [-0.3, -0.25) is 4.79 Å². The zero-order valence-corrected chi connectivity index (χ0v) is 6.92. The van der Waals surface area contributed by atoms with Crippen molar-refractivity contribution in [2.24, 2.45) is 17.1 Å². The third-order valence-electron chi connectivity index (χ3n) is 3.24. The number of carboxylic acid groups (broad SMARTS) is 1. The molecule has 2 saturated carbocycles. The fourth-order valence-corrected chi connectivity index (χ4v) is 2.10. The van der Waals surface area contributed by atoms with Gasteiger partial charge in [-0.15, -0.1) is 0 Å². The average molecular weight is 167 g/mol. The van der Waals surface area contributed by atoms with Crippen LogP contribution in [0.2, 0.25) is 0 Å². The fraction of sp³-hybridized carbons (Fsp3) is 0.667. The Morgan fingerprint density at radius 2 is 2.42 bits per heavy atom. The van der Waals surface area contributed by atoms with Gasteiger partial charge in [-0.1, -0.05) is 12.2 Å². The predicted octanol–water partition coefficient (Wildman–Crippen LogP) is 0.755. The molecule has 2 atom stereocenters. The van der Waals surface area contributed by atoms with Crippen molar-refractivity contribution >= 4 is 5.97 Å². The van der Waals surface area contributed by atoms with Gasteiger partial charge in [0.1, 0.15) is 6.04 Å². The third kappa shape index (κ3) is 0.894. The van der Waals surface area contributed by atoms with Gasteiger partial charge in [-0.25, -0.2) is 0 Å². The van der Waals surface area contributed by atoms with Crippen molar-refractivity contribution in [1.82, 2.24) is 0 Å². The van der Waals surface area contributed by atoms with Crippen molar-refractivity contribution in [3.8, 4) is 0 Å². The molecule has 3 N–H and O–H groups in total.